The summed E-state index contributed by atoms with van der Waals surface area (Å²) in [6.07, 6.45) is -15.2. The first-order chi connectivity index (χ1) is 26.4. The van der Waals surface area contributed by atoms with Crippen LogP contribution in [0.4, 0.5) is 0 Å². The molecule has 1 aromatic rings. The van der Waals surface area contributed by atoms with Gasteiger partial charge in [0.25, 0.3) is 0 Å². The summed E-state index contributed by atoms with van der Waals surface area (Å²) in [5.74, 6) is -3.71. The quantitative estimate of drug-likeness (QED) is 0.0518. The van der Waals surface area contributed by atoms with Crippen LogP contribution in [0.2, 0.25) is 0 Å². The first-order valence-corrected chi connectivity index (χ1v) is 18.2. The van der Waals surface area contributed by atoms with E-state index in [2.05, 4.69) is 15.6 Å². The summed E-state index contributed by atoms with van der Waals surface area (Å²) in [6, 6.07) is 2.72. The summed E-state index contributed by atoms with van der Waals surface area (Å²) < 4.78 is 0. The zero-order valence-corrected chi connectivity index (χ0v) is 31.2. The van der Waals surface area contributed by atoms with Gasteiger partial charge in [0.2, 0.25) is 11.8 Å². The minimum Gasteiger partial charge on any atom is -0.480 e. The Morgan fingerprint density at radius 1 is 0.625 bits per heavy atom. The van der Waals surface area contributed by atoms with Gasteiger partial charge in [0.05, 0.1) is 36.8 Å². The molecule has 1 aliphatic heterocycles. The number of hydrogen-bond donors (Lipinski definition) is 14. The number of fused-ring (bicyclic) bond motifs is 2. The molecule has 22 nitrogen and oxygen atoms in total. The number of carboxylic acid groups (broad SMARTS) is 2. The van der Waals surface area contributed by atoms with Crippen molar-refractivity contribution in [2.75, 3.05) is 59.5 Å². The third kappa shape index (κ3) is 15.8. The fourth-order valence-electron chi connectivity index (χ4n) is 5.96. The minimum atomic E-state index is -1.88. The number of nitrogens with one attached hydrogen (secondary N) is 2. The van der Waals surface area contributed by atoms with E-state index < -0.39 is 111 Å². The topological polar surface area (TPSA) is 358 Å². The van der Waals surface area contributed by atoms with Crippen LogP contribution in [0, 0.1) is 0 Å². The van der Waals surface area contributed by atoms with Crippen LogP contribution >= 0.6 is 0 Å². The first kappa shape index (κ1) is 48.7. The van der Waals surface area contributed by atoms with Crippen molar-refractivity contribution in [3.05, 3.63) is 29.6 Å². The third-order valence-electron chi connectivity index (χ3n) is 9.54. The van der Waals surface area contributed by atoms with Crippen LogP contribution in [0.15, 0.2) is 18.2 Å². The van der Waals surface area contributed by atoms with E-state index in [1.54, 1.807) is 35.0 Å². The minimum absolute atomic E-state index is 0.0509. The highest BCUT2D eigenvalue weighted by atomic mass is 16.4. The predicted molar refractivity (Wildman–Crippen MR) is 192 cm³/mol. The van der Waals surface area contributed by atoms with E-state index in [4.69, 9.17) is 10.2 Å². The molecule has 2 heterocycles. The van der Waals surface area contributed by atoms with Gasteiger partial charge >= 0.3 is 11.9 Å². The van der Waals surface area contributed by atoms with Crippen LogP contribution in [-0.4, -0.2) is 225 Å². The fraction of sp³-hybridized carbons (Fsp3) is 0.735. The zero-order valence-electron chi connectivity index (χ0n) is 31.2. The highest BCUT2D eigenvalue weighted by Gasteiger charge is 2.33. The number of amides is 2. The molecule has 22 heteroatoms. The summed E-state index contributed by atoms with van der Waals surface area (Å²) in [4.78, 5) is 60.0. The third-order valence-corrected chi connectivity index (χ3v) is 9.54. The number of aliphatic hydroxyl groups excluding tert-OH is 10. The molecular weight excluding hydrogens is 748 g/mol. The van der Waals surface area contributed by atoms with Crippen LogP contribution in [0.5, 0.6) is 0 Å². The lowest BCUT2D eigenvalue weighted by Gasteiger charge is -2.33. The van der Waals surface area contributed by atoms with Crippen molar-refractivity contribution in [2.24, 2.45) is 0 Å². The van der Waals surface area contributed by atoms with E-state index in [0.29, 0.717) is 24.5 Å². The second-order valence-electron chi connectivity index (χ2n) is 13.9. The van der Waals surface area contributed by atoms with Gasteiger partial charge in [-0.25, -0.2) is 0 Å². The molecule has 2 unspecified atom stereocenters. The Kier molecular flexibility index (Phi) is 21.1. The van der Waals surface area contributed by atoms with Crippen molar-refractivity contribution in [1.82, 2.24) is 30.3 Å². The molecule has 0 aliphatic carbocycles. The molecule has 0 spiro atoms. The zero-order chi connectivity index (χ0) is 42.1. The average molecular weight is 807 g/mol. The largest absolute Gasteiger partial charge is 0.480 e. The van der Waals surface area contributed by atoms with Gasteiger partial charge in [-0.3, -0.25) is 34.0 Å². The van der Waals surface area contributed by atoms with Crippen LogP contribution in [-0.2, 0) is 32.3 Å². The molecule has 2 amide bonds. The van der Waals surface area contributed by atoms with Crippen LogP contribution in [0.1, 0.15) is 37.1 Å². The number of rotatable bonds is 22. The molecule has 2 bridgehead atoms. The van der Waals surface area contributed by atoms with E-state index in [1.165, 1.54) is 0 Å². The first-order valence-electron chi connectivity index (χ1n) is 18.2. The summed E-state index contributed by atoms with van der Waals surface area (Å²) >= 11 is 0. The number of aliphatic carboxylic acids is 2. The van der Waals surface area contributed by atoms with E-state index in [0.717, 1.165) is 0 Å². The van der Waals surface area contributed by atoms with E-state index in [-0.39, 0.29) is 51.9 Å². The number of likely N-dealkylation sites (N-methyl/N-ethyl adjacent to an activating group) is 1. The number of carbonyl (C=O) groups is 4. The monoisotopic (exact) mass is 806 g/mol. The molecular formula is C34H58N6O16. The molecule has 2 rings (SSSR count). The molecule has 1 aromatic heterocycles. The summed E-state index contributed by atoms with van der Waals surface area (Å²) in [5.41, 5.74) is 0.927. The second-order valence-corrected chi connectivity index (χ2v) is 13.9. The maximum atomic E-state index is 12.6. The molecule has 10 atom stereocenters. The predicted octanol–water partition coefficient (Wildman–Crippen LogP) is -6.80. The SMILES string of the molecule is CN1CCN(C(CCC(=O)NC[C@H](O)[C@@H](O)[C@H](O)[C@H](O)CO)C(=O)O)Cc2cccc(n2)CN(C(CCC(=O)NC[C@H](O)[C@@H](O)[C@H](O)[C@H](O)CO)C(=O)O)CC1. The molecule has 0 radical (unpaired) electrons. The van der Waals surface area contributed by atoms with E-state index in [9.17, 15) is 70.2 Å². The number of nitrogens with zero attached hydrogens (tertiary/aromatic N) is 4. The summed E-state index contributed by atoms with van der Waals surface area (Å²) in [5, 5.41) is 122. The Morgan fingerprint density at radius 3 is 1.32 bits per heavy atom. The Bertz CT molecular complexity index is 1290. The smallest absolute Gasteiger partial charge is 0.320 e. The van der Waals surface area contributed by atoms with Crippen LogP contribution in [0.25, 0.3) is 0 Å². The Balaban J connectivity index is 2.11. The van der Waals surface area contributed by atoms with E-state index >= 15 is 0 Å². The number of pyridine rings is 1. The van der Waals surface area contributed by atoms with Crippen LogP contribution in [0.3, 0.4) is 0 Å². The lowest BCUT2D eigenvalue weighted by atomic mass is 10.0. The lowest BCUT2D eigenvalue weighted by Crippen LogP contribution is -2.50. The van der Waals surface area contributed by atoms with Gasteiger partial charge < -0.3 is 76.8 Å². The second kappa shape index (κ2) is 24.3. The van der Waals surface area contributed by atoms with Crippen molar-refractivity contribution < 1.29 is 80.5 Å². The van der Waals surface area contributed by atoms with Crippen molar-refractivity contribution in [3.8, 4) is 0 Å². The molecule has 0 fully saturated rings. The molecule has 1 aliphatic rings. The summed E-state index contributed by atoms with van der Waals surface area (Å²) in [6.45, 7) is -1.62. The van der Waals surface area contributed by atoms with Gasteiger partial charge in [-0.2, -0.15) is 0 Å². The standard InChI is InChI=1S/C34H58N6O16/c1-38-9-11-39(21(33(53)54)5-7-27(47)35-13-23(43)29(49)31(51)25(45)17-41)15-19-3-2-4-20(37-19)16-40(12-10-38)22(34(55)56)6-8-28(48)36-14-24(44)30(50)32(52)26(46)18-42/h2-4,21-26,29-32,41-46,49-52H,5-18H2,1H3,(H,35,47)(H,36,48)(H,53,54)(H,55,56)/t21?,22?,23-,24-,25+,26+,29+,30+,31+,32+/m0/s1. The van der Waals surface area contributed by atoms with Gasteiger partial charge in [-0.1, -0.05) is 6.07 Å². The molecule has 0 aromatic carbocycles. The van der Waals surface area contributed by atoms with Crippen LogP contribution < -0.4 is 10.6 Å². The maximum Gasteiger partial charge on any atom is 0.320 e. The number of aliphatic hydroxyl groups is 10. The van der Waals surface area contributed by atoms with Crippen molar-refractivity contribution in [2.45, 2.75) is 99.7 Å². The highest BCUT2D eigenvalue weighted by molar-refractivity contribution is 5.79. The molecule has 14 N–H and O–H groups in total. The summed E-state index contributed by atoms with van der Waals surface area (Å²) in [7, 11) is 1.76. The number of carboxylic acids is 2. The van der Waals surface area contributed by atoms with Crippen molar-refractivity contribution in [1.29, 1.82) is 0 Å². The molecule has 320 valence electrons. The lowest BCUT2D eigenvalue weighted by molar-refractivity contribution is -0.145. The van der Waals surface area contributed by atoms with Gasteiger partial charge in [-0.15, -0.1) is 0 Å². The average Bonchev–Trinajstić information content (AvgIpc) is 3.17. The van der Waals surface area contributed by atoms with Crippen molar-refractivity contribution >= 4 is 23.8 Å². The van der Waals surface area contributed by atoms with Crippen molar-refractivity contribution in [3.63, 3.8) is 0 Å². The fourth-order valence-corrected chi connectivity index (χ4v) is 5.96. The Morgan fingerprint density at radius 2 is 0.982 bits per heavy atom. The Labute approximate surface area is 323 Å². The molecule has 0 saturated carbocycles. The van der Waals surface area contributed by atoms with Gasteiger partial charge in [0.15, 0.2) is 0 Å². The van der Waals surface area contributed by atoms with Gasteiger partial charge in [0, 0.05) is 65.2 Å². The molecule has 56 heavy (non-hydrogen) atoms. The Hall–Kier alpha value is -3.49. The number of carbonyl (C=O) groups excluding carboxylic acids is 2. The number of hydrogen-bond acceptors (Lipinski definition) is 18. The van der Waals surface area contributed by atoms with Gasteiger partial charge in [0.1, 0.15) is 48.7 Å². The van der Waals surface area contributed by atoms with Gasteiger partial charge in [-0.05, 0) is 32.0 Å². The van der Waals surface area contributed by atoms with E-state index in [1.807, 2.05) is 4.90 Å². The highest BCUT2D eigenvalue weighted by Crippen LogP contribution is 2.17. The number of aromatic nitrogens is 1. The maximum absolute atomic E-state index is 12.6. The molecule has 0 saturated heterocycles. The normalized spacial score (nSPS) is 20.4.